The summed E-state index contributed by atoms with van der Waals surface area (Å²) in [4.78, 5) is 36.8. The number of nitrogens with zero attached hydrogens (tertiary/aromatic N) is 2. The average Bonchev–Trinajstić information content (AvgIpc) is 2.78. The molecule has 1 aliphatic rings. The second-order valence-electron chi connectivity index (χ2n) is 4.69. The standard InChI is InChI=1S/C15H13N3O4/c1-8-4-5-10(6-9(8)2)18-13(19)12(17-15(18)21)11(7-16)14(20)22-3/h4-6H,1-3H3,(H,17,21). The first kappa shape index (κ1) is 15.3. The van der Waals surface area contributed by atoms with Crippen molar-refractivity contribution in [2.45, 2.75) is 13.8 Å². The van der Waals surface area contributed by atoms with Gasteiger partial charge in [-0.3, -0.25) is 4.79 Å². The maximum absolute atomic E-state index is 12.4. The topological polar surface area (TPSA) is 99.5 Å². The highest BCUT2D eigenvalue weighted by molar-refractivity contribution is 6.28. The fraction of sp³-hybridized carbons (Fsp3) is 0.200. The van der Waals surface area contributed by atoms with Crippen LogP contribution in [0.3, 0.4) is 0 Å². The highest BCUT2D eigenvalue weighted by atomic mass is 16.5. The highest BCUT2D eigenvalue weighted by Crippen LogP contribution is 2.24. The molecule has 1 aromatic carbocycles. The van der Waals surface area contributed by atoms with Gasteiger partial charge in [-0.25, -0.2) is 14.5 Å². The van der Waals surface area contributed by atoms with E-state index in [1.165, 1.54) is 0 Å². The Bertz CT molecular complexity index is 759. The molecule has 1 heterocycles. The summed E-state index contributed by atoms with van der Waals surface area (Å²) in [5, 5.41) is 11.2. The smallest absolute Gasteiger partial charge is 0.350 e. The Labute approximate surface area is 126 Å². The first-order valence-electron chi connectivity index (χ1n) is 6.36. The number of methoxy groups -OCH3 is 1. The van der Waals surface area contributed by atoms with Gasteiger partial charge in [-0.15, -0.1) is 0 Å². The van der Waals surface area contributed by atoms with E-state index >= 15 is 0 Å². The zero-order valence-corrected chi connectivity index (χ0v) is 12.3. The number of amides is 3. The van der Waals surface area contributed by atoms with Crippen molar-refractivity contribution in [3.63, 3.8) is 0 Å². The van der Waals surface area contributed by atoms with Crippen LogP contribution < -0.4 is 10.2 Å². The molecule has 0 radical (unpaired) electrons. The van der Waals surface area contributed by atoms with Gasteiger partial charge in [0.15, 0.2) is 5.57 Å². The van der Waals surface area contributed by atoms with Gasteiger partial charge in [0, 0.05) is 0 Å². The van der Waals surface area contributed by atoms with Crippen molar-refractivity contribution in [2.75, 3.05) is 12.0 Å². The van der Waals surface area contributed by atoms with Gasteiger partial charge in [-0.2, -0.15) is 5.26 Å². The number of esters is 1. The van der Waals surface area contributed by atoms with E-state index in [1.807, 2.05) is 13.8 Å². The lowest BCUT2D eigenvalue weighted by Crippen LogP contribution is -2.30. The van der Waals surface area contributed by atoms with Crippen LogP contribution in [0.4, 0.5) is 10.5 Å². The number of aryl methyl sites for hydroxylation is 2. The lowest BCUT2D eigenvalue weighted by atomic mass is 10.1. The summed E-state index contributed by atoms with van der Waals surface area (Å²) >= 11 is 0. The van der Waals surface area contributed by atoms with E-state index in [-0.39, 0.29) is 5.70 Å². The molecule has 0 saturated carbocycles. The van der Waals surface area contributed by atoms with E-state index in [2.05, 4.69) is 10.1 Å². The van der Waals surface area contributed by atoms with Crippen LogP contribution in [0.15, 0.2) is 29.5 Å². The van der Waals surface area contributed by atoms with Crippen molar-refractivity contribution in [3.8, 4) is 6.07 Å². The molecule has 0 aromatic heterocycles. The fourth-order valence-electron chi connectivity index (χ4n) is 1.99. The number of hydrogen-bond donors (Lipinski definition) is 1. The molecular formula is C15H13N3O4. The SMILES string of the molecule is COC(=O)C(C#N)=C1NC(=O)N(c2ccc(C)c(C)c2)C1=O. The minimum atomic E-state index is -0.979. The van der Waals surface area contributed by atoms with Gasteiger partial charge in [-0.05, 0) is 37.1 Å². The first-order chi connectivity index (χ1) is 10.4. The Hall–Kier alpha value is -3.14. The molecule has 2 rings (SSSR count). The van der Waals surface area contributed by atoms with Gasteiger partial charge in [0.1, 0.15) is 11.8 Å². The Balaban J connectivity index is 2.49. The number of imide groups is 1. The van der Waals surface area contributed by atoms with E-state index in [0.717, 1.165) is 23.1 Å². The maximum atomic E-state index is 12.4. The quantitative estimate of drug-likeness (QED) is 0.384. The van der Waals surface area contributed by atoms with E-state index < -0.39 is 23.5 Å². The number of urea groups is 1. The largest absolute Gasteiger partial charge is 0.465 e. The van der Waals surface area contributed by atoms with Gasteiger partial charge < -0.3 is 10.1 Å². The number of carbonyl (C=O) groups is 3. The lowest BCUT2D eigenvalue weighted by molar-refractivity contribution is -0.136. The lowest BCUT2D eigenvalue weighted by Gasteiger charge is -2.13. The Kier molecular flexibility index (Phi) is 3.95. The first-order valence-corrected chi connectivity index (χ1v) is 6.36. The van der Waals surface area contributed by atoms with E-state index in [4.69, 9.17) is 5.26 Å². The fourth-order valence-corrected chi connectivity index (χ4v) is 1.99. The average molecular weight is 299 g/mol. The van der Waals surface area contributed by atoms with Crippen LogP contribution >= 0.6 is 0 Å². The Morgan fingerprint density at radius 2 is 1.95 bits per heavy atom. The monoisotopic (exact) mass is 299 g/mol. The summed E-state index contributed by atoms with van der Waals surface area (Å²) in [6, 6.07) is 5.93. The molecule has 0 unspecified atom stereocenters. The van der Waals surface area contributed by atoms with Crippen LogP contribution in [0.1, 0.15) is 11.1 Å². The van der Waals surface area contributed by atoms with Crippen LogP contribution in [-0.2, 0) is 14.3 Å². The van der Waals surface area contributed by atoms with Gasteiger partial charge >= 0.3 is 12.0 Å². The molecule has 1 saturated heterocycles. The van der Waals surface area contributed by atoms with Crippen LogP contribution in [0, 0.1) is 25.2 Å². The third-order valence-corrected chi connectivity index (χ3v) is 3.35. The van der Waals surface area contributed by atoms with Crippen LogP contribution in [0.5, 0.6) is 0 Å². The molecule has 0 spiro atoms. The van der Waals surface area contributed by atoms with E-state index in [9.17, 15) is 14.4 Å². The Morgan fingerprint density at radius 3 is 2.50 bits per heavy atom. The van der Waals surface area contributed by atoms with E-state index in [1.54, 1.807) is 24.3 Å². The summed E-state index contributed by atoms with van der Waals surface area (Å²) < 4.78 is 4.43. The van der Waals surface area contributed by atoms with Crippen LogP contribution in [0.2, 0.25) is 0 Å². The van der Waals surface area contributed by atoms with Gasteiger partial charge in [0.05, 0.1) is 12.8 Å². The number of nitriles is 1. The minimum Gasteiger partial charge on any atom is -0.465 e. The van der Waals surface area contributed by atoms with Gasteiger partial charge in [-0.1, -0.05) is 6.07 Å². The maximum Gasteiger partial charge on any atom is 0.350 e. The third-order valence-electron chi connectivity index (χ3n) is 3.35. The van der Waals surface area contributed by atoms with E-state index in [0.29, 0.717) is 5.69 Å². The molecular weight excluding hydrogens is 286 g/mol. The molecule has 22 heavy (non-hydrogen) atoms. The number of carbonyl (C=O) groups excluding carboxylic acids is 3. The number of benzene rings is 1. The molecule has 112 valence electrons. The predicted molar refractivity (Wildman–Crippen MR) is 76.6 cm³/mol. The zero-order chi connectivity index (χ0) is 16.4. The highest BCUT2D eigenvalue weighted by Gasteiger charge is 2.39. The third kappa shape index (κ3) is 2.42. The normalized spacial score (nSPS) is 16.2. The van der Waals surface area contributed by atoms with Gasteiger partial charge in [0.25, 0.3) is 5.91 Å². The summed E-state index contributed by atoms with van der Waals surface area (Å²) in [5.74, 6) is -1.75. The number of anilines is 1. The molecule has 1 aliphatic heterocycles. The Morgan fingerprint density at radius 1 is 1.27 bits per heavy atom. The molecule has 0 atom stereocenters. The number of ether oxygens (including phenoxy) is 1. The molecule has 3 amide bonds. The summed E-state index contributed by atoms with van der Waals surface area (Å²) in [5.41, 5.74) is 1.37. The van der Waals surface area contributed by atoms with Crippen molar-refractivity contribution in [1.82, 2.24) is 5.32 Å². The number of rotatable bonds is 2. The predicted octanol–water partition coefficient (Wildman–Crippen LogP) is 1.31. The van der Waals surface area contributed by atoms with Crippen molar-refractivity contribution in [3.05, 3.63) is 40.6 Å². The molecule has 1 N–H and O–H groups in total. The zero-order valence-electron chi connectivity index (χ0n) is 12.3. The molecule has 7 nitrogen and oxygen atoms in total. The van der Waals surface area contributed by atoms with Gasteiger partial charge in [0.2, 0.25) is 0 Å². The minimum absolute atomic E-state index is 0.364. The summed E-state index contributed by atoms with van der Waals surface area (Å²) in [7, 11) is 1.09. The van der Waals surface area contributed by atoms with Crippen LogP contribution in [0.25, 0.3) is 0 Å². The van der Waals surface area contributed by atoms with Crippen molar-refractivity contribution in [2.24, 2.45) is 0 Å². The molecule has 1 fully saturated rings. The second kappa shape index (κ2) is 5.69. The summed E-state index contributed by atoms with van der Waals surface area (Å²) in [6.07, 6.45) is 0. The number of hydrogen-bond acceptors (Lipinski definition) is 5. The molecule has 0 aliphatic carbocycles. The van der Waals surface area contributed by atoms with Crippen molar-refractivity contribution < 1.29 is 19.1 Å². The van der Waals surface area contributed by atoms with Crippen LogP contribution in [-0.4, -0.2) is 25.0 Å². The second-order valence-corrected chi connectivity index (χ2v) is 4.69. The summed E-state index contributed by atoms with van der Waals surface area (Å²) in [6.45, 7) is 3.75. The van der Waals surface area contributed by atoms with Crippen molar-refractivity contribution >= 4 is 23.6 Å². The molecule has 1 aromatic rings. The molecule has 0 bridgehead atoms. The molecule has 7 heteroatoms. The number of nitrogens with one attached hydrogen (secondary N) is 1. The van der Waals surface area contributed by atoms with Crippen molar-refractivity contribution in [1.29, 1.82) is 5.26 Å².